The van der Waals surface area contributed by atoms with E-state index in [1.54, 1.807) is 0 Å². The van der Waals surface area contributed by atoms with Crippen LogP contribution in [0.2, 0.25) is 0 Å². The van der Waals surface area contributed by atoms with Gasteiger partial charge in [0.1, 0.15) is 0 Å². The first-order valence-electron chi connectivity index (χ1n) is 7.67. The largest absolute Gasteiger partial charge is 0.312 e. The summed E-state index contributed by atoms with van der Waals surface area (Å²) in [7, 11) is 0. The minimum Gasteiger partial charge on any atom is -0.312 e. The molecule has 1 saturated heterocycles. The van der Waals surface area contributed by atoms with E-state index in [4.69, 9.17) is 0 Å². The summed E-state index contributed by atoms with van der Waals surface area (Å²) in [6, 6.07) is 0.653. The molecule has 0 radical (unpaired) electrons. The lowest BCUT2D eigenvalue weighted by molar-refractivity contribution is 0.0405. The van der Waals surface area contributed by atoms with Crippen LogP contribution < -0.4 is 5.32 Å². The first-order valence-corrected chi connectivity index (χ1v) is 7.67. The molecule has 17 heavy (non-hydrogen) atoms. The molecule has 2 atom stereocenters. The molecule has 0 bridgehead atoms. The number of piperidine rings is 1. The van der Waals surface area contributed by atoms with E-state index < -0.39 is 0 Å². The van der Waals surface area contributed by atoms with Crippen LogP contribution in [-0.4, -0.2) is 36.1 Å². The fourth-order valence-electron chi connectivity index (χ4n) is 3.26. The molecule has 2 unspecified atom stereocenters. The van der Waals surface area contributed by atoms with Gasteiger partial charge in [-0.2, -0.15) is 0 Å². The molecule has 0 aromatic heterocycles. The van der Waals surface area contributed by atoms with E-state index >= 15 is 0 Å². The molecular weight excluding hydrogens is 208 g/mol. The molecule has 1 heterocycles. The van der Waals surface area contributed by atoms with Gasteiger partial charge in [0.2, 0.25) is 0 Å². The van der Waals surface area contributed by atoms with E-state index in [1.807, 2.05) is 0 Å². The highest BCUT2D eigenvalue weighted by Gasteiger charge is 2.37. The summed E-state index contributed by atoms with van der Waals surface area (Å²) in [5, 5.41) is 3.73. The van der Waals surface area contributed by atoms with Crippen molar-refractivity contribution in [2.75, 3.05) is 19.6 Å². The summed E-state index contributed by atoms with van der Waals surface area (Å²) >= 11 is 0. The fourth-order valence-corrected chi connectivity index (χ4v) is 3.26. The van der Waals surface area contributed by atoms with E-state index in [-0.39, 0.29) is 0 Å². The molecule has 0 spiro atoms. The van der Waals surface area contributed by atoms with Gasteiger partial charge in [0.15, 0.2) is 0 Å². The molecule has 0 aromatic carbocycles. The van der Waals surface area contributed by atoms with Crippen molar-refractivity contribution in [2.45, 2.75) is 77.8 Å². The van der Waals surface area contributed by atoms with Crippen LogP contribution in [0.15, 0.2) is 0 Å². The molecule has 1 aliphatic rings. The summed E-state index contributed by atoms with van der Waals surface area (Å²) < 4.78 is 0. The Kier molecular flexibility index (Phi) is 6.50. The lowest BCUT2D eigenvalue weighted by Gasteiger charge is -2.48. The maximum absolute atomic E-state index is 3.73. The van der Waals surface area contributed by atoms with Crippen LogP contribution >= 0.6 is 0 Å². The summed E-state index contributed by atoms with van der Waals surface area (Å²) in [4.78, 5) is 2.75. The zero-order valence-corrected chi connectivity index (χ0v) is 12.4. The maximum Gasteiger partial charge on any atom is 0.0331 e. The zero-order valence-electron chi connectivity index (χ0n) is 12.4. The van der Waals surface area contributed by atoms with E-state index in [0.29, 0.717) is 11.6 Å². The minimum absolute atomic E-state index is 0.354. The lowest BCUT2D eigenvalue weighted by Crippen LogP contribution is -2.60. The van der Waals surface area contributed by atoms with Crippen molar-refractivity contribution >= 4 is 0 Å². The van der Waals surface area contributed by atoms with Crippen molar-refractivity contribution in [3.05, 3.63) is 0 Å². The number of hydrogen-bond donors (Lipinski definition) is 1. The summed E-state index contributed by atoms with van der Waals surface area (Å²) in [5.41, 5.74) is 0.354. The second-order valence-electron chi connectivity index (χ2n) is 5.66. The first kappa shape index (κ1) is 15.0. The zero-order chi connectivity index (χ0) is 12.7. The monoisotopic (exact) mass is 240 g/mol. The predicted octanol–water partition coefficient (Wildman–Crippen LogP) is 3.42. The van der Waals surface area contributed by atoms with Crippen LogP contribution in [0.25, 0.3) is 0 Å². The summed E-state index contributed by atoms with van der Waals surface area (Å²) in [6.45, 7) is 13.1. The smallest absolute Gasteiger partial charge is 0.0331 e. The van der Waals surface area contributed by atoms with E-state index in [2.05, 4.69) is 37.9 Å². The molecule has 0 amide bonds. The average Bonchev–Trinajstić information content (AvgIpc) is 2.38. The molecule has 102 valence electrons. The van der Waals surface area contributed by atoms with Gasteiger partial charge < -0.3 is 5.32 Å². The predicted molar refractivity (Wildman–Crippen MR) is 76.5 cm³/mol. The Morgan fingerprint density at radius 1 is 1.12 bits per heavy atom. The van der Waals surface area contributed by atoms with Crippen LogP contribution in [0, 0.1) is 0 Å². The van der Waals surface area contributed by atoms with Crippen molar-refractivity contribution in [1.29, 1.82) is 0 Å². The molecule has 2 nitrogen and oxygen atoms in total. The van der Waals surface area contributed by atoms with Gasteiger partial charge in [0.05, 0.1) is 0 Å². The normalized spacial score (nSPS) is 23.3. The van der Waals surface area contributed by atoms with Gasteiger partial charge in [-0.05, 0) is 52.2 Å². The fraction of sp³-hybridized carbons (Fsp3) is 1.00. The Morgan fingerprint density at radius 2 is 1.76 bits per heavy atom. The highest BCUT2D eigenvalue weighted by Crippen LogP contribution is 2.29. The van der Waals surface area contributed by atoms with E-state index in [1.165, 1.54) is 51.6 Å². The van der Waals surface area contributed by atoms with Gasteiger partial charge >= 0.3 is 0 Å². The van der Waals surface area contributed by atoms with Crippen LogP contribution in [0.1, 0.15) is 66.2 Å². The number of rotatable bonds is 7. The molecule has 1 rings (SSSR count). The van der Waals surface area contributed by atoms with Gasteiger partial charge in [-0.25, -0.2) is 0 Å². The number of likely N-dealkylation sites (N-methyl/N-ethyl adjacent to an activating group) is 1. The molecule has 0 aliphatic carbocycles. The molecule has 2 heteroatoms. The van der Waals surface area contributed by atoms with E-state index in [9.17, 15) is 0 Å². The SMILES string of the molecule is CCCC(NCC)C(C)(CC)N1CCCCC1. The number of hydrogen-bond acceptors (Lipinski definition) is 2. The van der Waals surface area contributed by atoms with Crippen molar-refractivity contribution in [2.24, 2.45) is 0 Å². The molecule has 0 saturated carbocycles. The first-order chi connectivity index (χ1) is 8.19. The highest BCUT2D eigenvalue weighted by atomic mass is 15.2. The molecule has 1 aliphatic heterocycles. The number of nitrogens with zero attached hydrogens (tertiary/aromatic N) is 1. The topological polar surface area (TPSA) is 15.3 Å². The molecule has 1 fully saturated rings. The van der Waals surface area contributed by atoms with Crippen molar-refractivity contribution < 1.29 is 0 Å². The second kappa shape index (κ2) is 7.38. The Hall–Kier alpha value is -0.0800. The maximum atomic E-state index is 3.73. The number of likely N-dealkylation sites (tertiary alicyclic amines) is 1. The molecule has 1 N–H and O–H groups in total. The molecular formula is C15H32N2. The highest BCUT2D eigenvalue weighted by molar-refractivity contribution is 4.96. The second-order valence-corrected chi connectivity index (χ2v) is 5.66. The number of nitrogens with one attached hydrogen (secondary N) is 1. The van der Waals surface area contributed by atoms with Gasteiger partial charge in [-0.3, -0.25) is 4.90 Å². The van der Waals surface area contributed by atoms with Crippen molar-refractivity contribution in [1.82, 2.24) is 10.2 Å². The minimum atomic E-state index is 0.354. The third-order valence-electron chi connectivity index (χ3n) is 4.57. The Balaban J connectivity index is 2.73. The molecule has 0 aromatic rings. The van der Waals surface area contributed by atoms with E-state index in [0.717, 1.165) is 6.54 Å². The van der Waals surface area contributed by atoms with Crippen LogP contribution in [0.3, 0.4) is 0 Å². The van der Waals surface area contributed by atoms with Gasteiger partial charge in [-0.1, -0.05) is 33.6 Å². The summed E-state index contributed by atoms with van der Waals surface area (Å²) in [5.74, 6) is 0. The third-order valence-corrected chi connectivity index (χ3v) is 4.57. The standard InChI is InChI=1S/C15H32N2/c1-5-11-14(16-7-3)15(4,6-2)17-12-9-8-10-13-17/h14,16H,5-13H2,1-4H3. The average molecular weight is 240 g/mol. The van der Waals surface area contributed by atoms with Gasteiger partial charge in [-0.15, -0.1) is 0 Å². The Labute approximate surface area is 108 Å². The lowest BCUT2D eigenvalue weighted by atomic mass is 9.83. The Bertz CT molecular complexity index is 193. The van der Waals surface area contributed by atoms with Crippen LogP contribution in [0.5, 0.6) is 0 Å². The third kappa shape index (κ3) is 3.69. The van der Waals surface area contributed by atoms with Gasteiger partial charge in [0, 0.05) is 11.6 Å². The van der Waals surface area contributed by atoms with Crippen molar-refractivity contribution in [3.8, 4) is 0 Å². The van der Waals surface area contributed by atoms with Gasteiger partial charge in [0.25, 0.3) is 0 Å². The van der Waals surface area contributed by atoms with Crippen molar-refractivity contribution in [3.63, 3.8) is 0 Å². The van der Waals surface area contributed by atoms with Crippen LogP contribution in [0.4, 0.5) is 0 Å². The Morgan fingerprint density at radius 3 is 2.24 bits per heavy atom. The quantitative estimate of drug-likeness (QED) is 0.733. The van der Waals surface area contributed by atoms with Crippen LogP contribution in [-0.2, 0) is 0 Å². The summed E-state index contributed by atoms with van der Waals surface area (Å²) in [6.07, 6.45) is 8.04.